The number of anilines is 2. The van der Waals surface area contributed by atoms with Gasteiger partial charge in [-0.05, 0) is 59.6 Å². The molecule has 0 bridgehead atoms. The minimum Gasteiger partial charge on any atom is -0.406 e. The van der Waals surface area contributed by atoms with Crippen LogP contribution in [0, 0.1) is 5.92 Å². The molecule has 0 aromatic heterocycles. The quantitative estimate of drug-likeness (QED) is 0.258. The second-order valence-corrected chi connectivity index (χ2v) is 8.79. The fourth-order valence-electron chi connectivity index (χ4n) is 3.43. The van der Waals surface area contributed by atoms with E-state index in [4.69, 9.17) is 12.2 Å². The number of ether oxygens (including phenoxy) is 1. The summed E-state index contributed by atoms with van der Waals surface area (Å²) in [4.78, 5) is 0. The summed E-state index contributed by atoms with van der Waals surface area (Å²) < 4.78 is 41.1. The number of halogens is 3. The first kappa shape index (κ1) is 26.9. The van der Waals surface area contributed by atoms with Crippen molar-refractivity contribution in [2.24, 2.45) is 16.1 Å². The molecule has 1 heterocycles. The molecule has 10 heteroatoms. The Labute approximate surface area is 214 Å². The van der Waals surface area contributed by atoms with Gasteiger partial charge >= 0.3 is 6.36 Å². The monoisotopic (exact) mass is 515 g/mol. The van der Waals surface area contributed by atoms with E-state index in [-0.39, 0.29) is 11.7 Å². The zero-order valence-electron chi connectivity index (χ0n) is 20.2. The molecule has 2 aromatic rings. The van der Waals surface area contributed by atoms with Crippen LogP contribution in [0.4, 0.5) is 24.5 Å². The van der Waals surface area contributed by atoms with Crippen LogP contribution >= 0.6 is 12.2 Å². The van der Waals surface area contributed by atoms with Crippen LogP contribution in [0.2, 0.25) is 0 Å². The number of hydrazone groups is 2. The Hall–Kier alpha value is -3.66. The Kier molecular flexibility index (Phi) is 9.24. The lowest BCUT2D eigenvalue weighted by molar-refractivity contribution is -0.274. The number of nitrogens with zero attached hydrogens (tertiary/aromatic N) is 3. The molecule has 36 heavy (non-hydrogen) atoms. The SMILES string of the molecule is CC1C=C(/C=N/NC(=S)Nc2ccccc2C(C)C)/C=C\CN(c2ccc(OC(F)(F)F)cc2)/N=C\1. The van der Waals surface area contributed by atoms with E-state index in [1.165, 1.54) is 24.3 Å². The Morgan fingerprint density at radius 2 is 1.92 bits per heavy atom. The molecule has 1 atom stereocenters. The first-order valence-corrected chi connectivity index (χ1v) is 11.8. The van der Waals surface area contributed by atoms with Crippen molar-refractivity contribution in [3.8, 4) is 5.75 Å². The van der Waals surface area contributed by atoms with Crippen molar-refractivity contribution in [3.05, 3.63) is 77.9 Å². The number of para-hydroxylation sites is 1. The van der Waals surface area contributed by atoms with Gasteiger partial charge in [-0.1, -0.05) is 57.2 Å². The highest BCUT2D eigenvalue weighted by atomic mass is 32.1. The number of rotatable bonds is 6. The third-order valence-electron chi connectivity index (χ3n) is 5.06. The lowest BCUT2D eigenvalue weighted by Crippen LogP contribution is -2.24. The van der Waals surface area contributed by atoms with Gasteiger partial charge in [0.05, 0.1) is 18.4 Å². The number of alkyl halides is 3. The zero-order chi connectivity index (χ0) is 26.1. The molecule has 0 radical (unpaired) electrons. The highest BCUT2D eigenvalue weighted by Crippen LogP contribution is 2.26. The zero-order valence-corrected chi connectivity index (χ0v) is 21.0. The minimum absolute atomic E-state index is 0.0208. The lowest BCUT2D eigenvalue weighted by Gasteiger charge is -2.18. The second-order valence-electron chi connectivity index (χ2n) is 8.38. The topological polar surface area (TPSA) is 61.2 Å². The standard InChI is InChI=1S/C26H28F3N5OS/c1-18(2)23-8-4-5-9-24(23)32-25(36)33-30-17-20-7-6-14-34(31-16-19(3)15-20)21-10-12-22(13-11-21)35-26(27,28)29/h4-13,15-19H,14H2,1-3H3,(H2,32,33,36)/b7-6-,20-15?,30-17+,31-16-. The third-order valence-corrected chi connectivity index (χ3v) is 5.26. The first-order valence-electron chi connectivity index (χ1n) is 11.4. The number of allylic oxidation sites excluding steroid dienone is 3. The van der Waals surface area contributed by atoms with Gasteiger partial charge in [-0.3, -0.25) is 10.4 Å². The van der Waals surface area contributed by atoms with Gasteiger partial charge in [-0.2, -0.15) is 10.2 Å². The summed E-state index contributed by atoms with van der Waals surface area (Å²) in [6.07, 6.45) is 4.47. The Bertz CT molecular complexity index is 1160. The summed E-state index contributed by atoms with van der Waals surface area (Å²) in [5.41, 5.74) is 6.42. The maximum Gasteiger partial charge on any atom is 0.573 e. The highest BCUT2D eigenvalue weighted by Gasteiger charge is 2.31. The first-order chi connectivity index (χ1) is 17.1. The molecule has 0 amide bonds. The maximum atomic E-state index is 12.4. The summed E-state index contributed by atoms with van der Waals surface area (Å²) in [7, 11) is 0. The van der Waals surface area contributed by atoms with E-state index in [2.05, 4.69) is 45.6 Å². The fraction of sp³-hybridized carbons (Fsp3) is 0.269. The minimum atomic E-state index is -4.73. The predicted molar refractivity (Wildman–Crippen MR) is 144 cm³/mol. The number of thiocarbonyl (C=S) groups is 1. The summed E-state index contributed by atoms with van der Waals surface area (Å²) in [5.74, 6) is 0.0479. The van der Waals surface area contributed by atoms with Crippen LogP contribution in [0.25, 0.3) is 0 Å². The van der Waals surface area contributed by atoms with Gasteiger partial charge in [-0.25, -0.2) is 0 Å². The van der Waals surface area contributed by atoms with Gasteiger partial charge in [0.2, 0.25) is 0 Å². The fourth-order valence-corrected chi connectivity index (χ4v) is 3.59. The van der Waals surface area contributed by atoms with Crippen molar-refractivity contribution in [1.82, 2.24) is 5.43 Å². The van der Waals surface area contributed by atoms with Crippen molar-refractivity contribution in [3.63, 3.8) is 0 Å². The molecular formula is C26H28F3N5OS. The second kappa shape index (κ2) is 12.3. The summed E-state index contributed by atoms with van der Waals surface area (Å²) in [6.45, 7) is 6.62. The molecule has 0 aliphatic carbocycles. The molecule has 0 spiro atoms. The van der Waals surface area contributed by atoms with E-state index < -0.39 is 6.36 Å². The normalized spacial score (nSPS) is 18.1. The van der Waals surface area contributed by atoms with E-state index in [0.717, 1.165) is 16.8 Å². The maximum absolute atomic E-state index is 12.4. The van der Waals surface area contributed by atoms with Crippen molar-refractivity contribution in [1.29, 1.82) is 0 Å². The van der Waals surface area contributed by atoms with Crippen LogP contribution in [0.5, 0.6) is 5.75 Å². The number of hydrogen-bond acceptors (Lipinski definition) is 5. The molecule has 0 saturated heterocycles. The van der Waals surface area contributed by atoms with Gasteiger partial charge in [-0.15, -0.1) is 13.2 Å². The highest BCUT2D eigenvalue weighted by molar-refractivity contribution is 7.80. The molecule has 1 aliphatic rings. The average molecular weight is 516 g/mol. The van der Waals surface area contributed by atoms with Crippen molar-refractivity contribution < 1.29 is 17.9 Å². The third kappa shape index (κ3) is 8.53. The summed E-state index contributed by atoms with van der Waals surface area (Å²) in [5, 5.41) is 14.0. The Balaban J connectivity index is 1.61. The number of benzene rings is 2. The summed E-state index contributed by atoms with van der Waals surface area (Å²) >= 11 is 5.38. The molecule has 0 fully saturated rings. The van der Waals surface area contributed by atoms with Crippen LogP contribution in [-0.4, -0.2) is 30.4 Å². The molecule has 190 valence electrons. The molecule has 2 N–H and O–H groups in total. The molecular weight excluding hydrogens is 487 g/mol. The lowest BCUT2D eigenvalue weighted by atomic mass is 10.0. The number of nitrogens with one attached hydrogen (secondary N) is 2. The predicted octanol–water partition coefficient (Wildman–Crippen LogP) is 6.61. The van der Waals surface area contributed by atoms with E-state index in [0.29, 0.717) is 23.3 Å². The molecule has 3 rings (SSSR count). The van der Waals surface area contributed by atoms with Crippen LogP contribution in [0.15, 0.2) is 82.5 Å². The smallest absolute Gasteiger partial charge is 0.406 e. The van der Waals surface area contributed by atoms with Gasteiger partial charge in [0, 0.05) is 17.8 Å². The van der Waals surface area contributed by atoms with E-state index in [9.17, 15) is 13.2 Å². The van der Waals surface area contributed by atoms with Crippen LogP contribution in [0.1, 0.15) is 32.3 Å². The van der Waals surface area contributed by atoms with E-state index >= 15 is 0 Å². The van der Waals surface area contributed by atoms with E-state index in [1.807, 2.05) is 43.4 Å². The van der Waals surface area contributed by atoms with Gasteiger partial charge in [0.25, 0.3) is 0 Å². The summed E-state index contributed by atoms with van der Waals surface area (Å²) in [6, 6.07) is 13.6. The molecule has 6 nitrogen and oxygen atoms in total. The van der Waals surface area contributed by atoms with Crippen LogP contribution in [-0.2, 0) is 0 Å². The molecule has 0 saturated carbocycles. The Morgan fingerprint density at radius 3 is 2.61 bits per heavy atom. The van der Waals surface area contributed by atoms with Crippen molar-refractivity contribution >= 4 is 41.1 Å². The van der Waals surface area contributed by atoms with Crippen molar-refractivity contribution in [2.45, 2.75) is 33.1 Å². The average Bonchev–Trinajstić information content (AvgIpc) is 2.89. The molecule has 2 aromatic carbocycles. The largest absolute Gasteiger partial charge is 0.573 e. The Morgan fingerprint density at radius 1 is 1.19 bits per heavy atom. The van der Waals surface area contributed by atoms with Gasteiger partial charge in [0.15, 0.2) is 5.11 Å². The van der Waals surface area contributed by atoms with Crippen LogP contribution in [0.3, 0.4) is 0 Å². The number of hydrogen-bond donors (Lipinski definition) is 2. The molecule has 1 aliphatic heterocycles. The van der Waals surface area contributed by atoms with Crippen molar-refractivity contribution in [2.75, 3.05) is 16.9 Å². The van der Waals surface area contributed by atoms with E-state index in [1.54, 1.807) is 17.4 Å². The van der Waals surface area contributed by atoms with Gasteiger partial charge in [0.1, 0.15) is 5.75 Å². The van der Waals surface area contributed by atoms with Gasteiger partial charge < -0.3 is 10.1 Å². The van der Waals surface area contributed by atoms with Crippen LogP contribution < -0.4 is 20.5 Å². The molecule has 1 unspecified atom stereocenters.